The van der Waals surface area contributed by atoms with E-state index in [1.165, 1.54) is 10.5 Å². The summed E-state index contributed by atoms with van der Waals surface area (Å²) in [5, 5.41) is 3.24. The van der Waals surface area contributed by atoms with Gasteiger partial charge in [-0.15, -0.1) is 0 Å². The Morgan fingerprint density at radius 1 is 0.952 bits per heavy atom. The largest absolute Gasteiger partial charge is 0.369 e. The molecule has 0 unspecified atom stereocenters. The van der Waals surface area contributed by atoms with Gasteiger partial charge in [0.25, 0.3) is 10.0 Å². The normalized spacial score (nSPS) is 16.0. The number of carbonyl (C=O) groups excluding carboxylic acids is 1. The molecule has 0 spiro atoms. The smallest absolute Gasteiger partial charge is 0.268 e. The lowest BCUT2D eigenvalue weighted by Gasteiger charge is -2.34. The van der Waals surface area contributed by atoms with Gasteiger partial charge in [-0.25, -0.2) is 18.4 Å². The molecule has 0 aliphatic carbocycles. The van der Waals surface area contributed by atoms with Crippen LogP contribution < -0.4 is 20.3 Å². The summed E-state index contributed by atoms with van der Waals surface area (Å²) < 4.78 is 29.0. The highest BCUT2D eigenvalue weighted by atomic mass is 32.2. The van der Waals surface area contributed by atoms with E-state index in [1.54, 1.807) is 24.3 Å². The van der Waals surface area contributed by atoms with Gasteiger partial charge >= 0.3 is 0 Å². The van der Waals surface area contributed by atoms with Gasteiger partial charge in [0.2, 0.25) is 11.9 Å². The van der Waals surface area contributed by atoms with Crippen molar-refractivity contribution in [2.75, 3.05) is 54.3 Å². The average molecular weight is 584 g/mol. The predicted octanol–water partition coefficient (Wildman–Crippen LogP) is 4.32. The number of piperazine rings is 1. The summed E-state index contributed by atoms with van der Waals surface area (Å²) in [5.74, 6) is -0.184. The number of carbonyl (C=O) groups is 1. The number of anilines is 4. The molecular formula is C31H33N7O3S. The first-order valence-electron chi connectivity index (χ1n) is 14.0. The zero-order valence-corrected chi connectivity index (χ0v) is 24.4. The van der Waals surface area contributed by atoms with Crippen LogP contribution in [0.4, 0.5) is 23.0 Å². The lowest BCUT2D eigenvalue weighted by Crippen LogP contribution is -2.44. The van der Waals surface area contributed by atoms with E-state index in [2.05, 4.69) is 39.3 Å². The number of aromatic nitrogens is 2. The van der Waals surface area contributed by atoms with Crippen molar-refractivity contribution in [3.05, 3.63) is 78.5 Å². The number of nitrogens with zero attached hydrogens (tertiary/aromatic N) is 5. The molecule has 3 heterocycles. The number of rotatable bonds is 7. The van der Waals surface area contributed by atoms with E-state index >= 15 is 0 Å². The van der Waals surface area contributed by atoms with Crippen LogP contribution in [0, 0.1) is 0 Å². The Kier molecular flexibility index (Phi) is 7.29. The molecule has 10 nitrogen and oxygen atoms in total. The first kappa shape index (κ1) is 27.7. The number of benzene rings is 3. The van der Waals surface area contributed by atoms with Crippen LogP contribution in [-0.2, 0) is 10.0 Å². The number of fused-ring (bicyclic) bond motifs is 3. The van der Waals surface area contributed by atoms with Crippen molar-refractivity contribution < 1.29 is 13.2 Å². The number of sulfonamides is 1. The SMILES string of the molecule is CCCN1c2cc(-c3ccc(C(N)=O)cc3)ccc2-c2nc(Nc3ccc(N4CCN(C)CC4)cc3)ncc2S1(=O)=O. The second-order valence-corrected chi connectivity index (χ2v) is 12.5. The third kappa shape index (κ3) is 5.17. The molecule has 2 aliphatic heterocycles. The average Bonchev–Trinajstić information content (AvgIpc) is 3.00. The van der Waals surface area contributed by atoms with Crippen molar-refractivity contribution >= 4 is 38.9 Å². The van der Waals surface area contributed by atoms with Gasteiger partial charge in [-0.2, -0.15) is 0 Å². The number of likely N-dealkylation sites (N-methyl/N-ethyl adjacent to an activating group) is 1. The molecule has 0 saturated carbocycles. The maximum absolute atomic E-state index is 13.8. The number of hydrogen-bond donors (Lipinski definition) is 2. The van der Waals surface area contributed by atoms with Gasteiger partial charge < -0.3 is 20.9 Å². The summed E-state index contributed by atoms with van der Waals surface area (Å²) >= 11 is 0. The second-order valence-electron chi connectivity index (χ2n) is 10.6. The molecule has 2 aliphatic rings. The Morgan fingerprint density at radius 3 is 2.31 bits per heavy atom. The molecule has 6 rings (SSSR count). The van der Waals surface area contributed by atoms with Gasteiger partial charge in [-0.3, -0.25) is 9.10 Å². The van der Waals surface area contributed by atoms with E-state index in [1.807, 2.05) is 37.3 Å². The minimum Gasteiger partial charge on any atom is -0.369 e. The Balaban J connectivity index is 1.33. The predicted molar refractivity (Wildman–Crippen MR) is 166 cm³/mol. The summed E-state index contributed by atoms with van der Waals surface area (Å²) in [5.41, 5.74) is 11.1. The van der Waals surface area contributed by atoms with Crippen LogP contribution in [-0.4, -0.2) is 69.0 Å². The van der Waals surface area contributed by atoms with Crippen LogP contribution in [0.15, 0.2) is 77.8 Å². The second kappa shape index (κ2) is 11.1. The van der Waals surface area contributed by atoms with Crippen LogP contribution in [0.3, 0.4) is 0 Å². The van der Waals surface area contributed by atoms with Crippen LogP contribution >= 0.6 is 0 Å². The molecule has 0 atom stereocenters. The molecule has 1 amide bonds. The number of nitrogens with one attached hydrogen (secondary N) is 1. The first-order valence-corrected chi connectivity index (χ1v) is 15.4. The van der Waals surface area contributed by atoms with Gasteiger partial charge in [0, 0.05) is 55.2 Å². The molecular weight excluding hydrogens is 550 g/mol. The molecule has 3 N–H and O–H groups in total. The molecule has 1 aromatic heterocycles. The number of primary amides is 1. The Labute approximate surface area is 245 Å². The Bertz CT molecular complexity index is 1730. The number of nitrogens with two attached hydrogens (primary N) is 1. The van der Waals surface area contributed by atoms with Crippen LogP contribution in [0.5, 0.6) is 0 Å². The van der Waals surface area contributed by atoms with E-state index in [4.69, 9.17) is 10.7 Å². The molecule has 42 heavy (non-hydrogen) atoms. The molecule has 4 aromatic rings. The number of amides is 1. The summed E-state index contributed by atoms with van der Waals surface area (Å²) in [7, 11) is -1.74. The minimum atomic E-state index is -3.88. The highest BCUT2D eigenvalue weighted by Gasteiger charge is 2.36. The monoisotopic (exact) mass is 583 g/mol. The van der Waals surface area contributed by atoms with Crippen LogP contribution in [0.1, 0.15) is 23.7 Å². The third-order valence-corrected chi connectivity index (χ3v) is 9.58. The van der Waals surface area contributed by atoms with Gasteiger partial charge in [-0.1, -0.05) is 31.2 Å². The maximum Gasteiger partial charge on any atom is 0.268 e. The van der Waals surface area contributed by atoms with Crippen LogP contribution in [0.2, 0.25) is 0 Å². The van der Waals surface area contributed by atoms with Crippen molar-refractivity contribution in [2.45, 2.75) is 18.2 Å². The molecule has 1 saturated heterocycles. The molecule has 11 heteroatoms. The van der Waals surface area contributed by atoms with Crippen molar-refractivity contribution in [2.24, 2.45) is 5.73 Å². The molecule has 1 fully saturated rings. The summed E-state index contributed by atoms with van der Waals surface area (Å²) in [6.07, 6.45) is 2.02. The van der Waals surface area contributed by atoms with Gasteiger partial charge in [0.15, 0.2) is 0 Å². The van der Waals surface area contributed by atoms with Gasteiger partial charge in [0.1, 0.15) is 4.90 Å². The van der Waals surface area contributed by atoms with E-state index in [9.17, 15) is 13.2 Å². The van der Waals surface area contributed by atoms with Crippen LogP contribution in [0.25, 0.3) is 22.4 Å². The highest BCUT2D eigenvalue weighted by Crippen LogP contribution is 2.44. The lowest BCUT2D eigenvalue weighted by molar-refractivity contribution is 0.100. The van der Waals surface area contributed by atoms with Gasteiger partial charge in [-0.05, 0) is 67.1 Å². The summed E-state index contributed by atoms with van der Waals surface area (Å²) in [4.78, 5) is 25.3. The quantitative estimate of drug-likeness (QED) is 0.330. The zero-order chi connectivity index (χ0) is 29.4. The fraction of sp³-hybridized carbons (Fsp3) is 0.258. The van der Waals surface area contributed by atoms with E-state index in [0.29, 0.717) is 41.4 Å². The lowest BCUT2D eigenvalue weighted by atomic mass is 9.99. The zero-order valence-electron chi connectivity index (χ0n) is 23.6. The fourth-order valence-electron chi connectivity index (χ4n) is 5.40. The van der Waals surface area contributed by atoms with Crippen molar-refractivity contribution in [3.63, 3.8) is 0 Å². The molecule has 0 radical (unpaired) electrons. The standard InChI is InChI=1S/C31H33N7O3S/c1-3-14-38-27-19-23(21-4-6-22(7-5-21)30(32)39)8-13-26(27)29-28(42(38,40)41)20-33-31(35-29)34-24-9-11-25(12-10-24)37-17-15-36(2)16-18-37/h4-13,19-20H,3,14-18H2,1-2H3,(H2,32,39)(H,33,34,35). The highest BCUT2D eigenvalue weighted by molar-refractivity contribution is 7.93. The van der Waals surface area contributed by atoms with Gasteiger partial charge in [0.05, 0.1) is 17.6 Å². The van der Waals surface area contributed by atoms with E-state index < -0.39 is 15.9 Å². The third-order valence-electron chi connectivity index (χ3n) is 7.77. The summed E-state index contributed by atoms with van der Waals surface area (Å²) in [6, 6.07) is 20.7. The van der Waals surface area contributed by atoms with Crippen molar-refractivity contribution in [1.29, 1.82) is 0 Å². The van der Waals surface area contributed by atoms with E-state index in [-0.39, 0.29) is 4.90 Å². The summed E-state index contributed by atoms with van der Waals surface area (Å²) in [6.45, 7) is 6.30. The van der Waals surface area contributed by atoms with Crippen molar-refractivity contribution in [3.8, 4) is 22.4 Å². The van der Waals surface area contributed by atoms with Crippen molar-refractivity contribution in [1.82, 2.24) is 14.9 Å². The molecule has 216 valence electrons. The minimum absolute atomic E-state index is 0.0815. The number of hydrogen-bond acceptors (Lipinski definition) is 8. The molecule has 0 bridgehead atoms. The van der Waals surface area contributed by atoms with E-state index in [0.717, 1.165) is 48.7 Å². The first-order chi connectivity index (χ1) is 20.2. The Morgan fingerprint density at radius 2 is 1.64 bits per heavy atom. The fourth-order valence-corrected chi connectivity index (χ4v) is 7.05. The Hall–Kier alpha value is -4.48. The topological polar surface area (TPSA) is 125 Å². The maximum atomic E-state index is 13.8. The molecule has 3 aromatic carbocycles.